The van der Waals surface area contributed by atoms with E-state index >= 15 is 0 Å². The van der Waals surface area contributed by atoms with Crippen LogP contribution >= 0.6 is 11.3 Å². The van der Waals surface area contributed by atoms with E-state index in [0.29, 0.717) is 12.6 Å². The van der Waals surface area contributed by atoms with Gasteiger partial charge < -0.3 is 20.3 Å². The summed E-state index contributed by atoms with van der Waals surface area (Å²) >= 11 is 1.79. The van der Waals surface area contributed by atoms with Gasteiger partial charge >= 0.3 is 0 Å². The number of aliphatic imine (C=N–C) groups is 2. The van der Waals surface area contributed by atoms with E-state index in [1.165, 1.54) is 22.2 Å². The van der Waals surface area contributed by atoms with Gasteiger partial charge in [0.1, 0.15) is 11.6 Å². The summed E-state index contributed by atoms with van der Waals surface area (Å²) in [5, 5.41) is 6.05. The van der Waals surface area contributed by atoms with Crippen LogP contribution in [0.2, 0.25) is 0 Å². The number of carbonyl (C=O) groups is 1. The molecule has 3 heterocycles. The molecule has 2 atom stereocenters. The lowest BCUT2D eigenvalue weighted by molar-refractivity contribution is -0.114. The number of anilines is 2. The molecule has 29 heavy (non-hydrogen) atoms. The molecule has 0 spiro atoms. The Morgan fingerprint density at radius 1 is 1.34 bits per heavy atom. The van der Waals surface area contributed by atoms with Crippen molar-refractivity contribution < 1.29 is 9.53 Å². The number of nitrogens with one attached hydrogen (secondary N) is 2. The summed E-state index contributed by atoms with van der Waals surface area (Å²) in [4.78, 5) is 25.4. The molecule has 1 amide bonds. The van der Waals surface area contributed by atoms with Crippen molar-refractivity contribution in [3.05, 3.63) is 45.6 Å². The number of benzene rings is 1. The van der Waals surface area contributed by atoms with E-state index < -0.39 is 5.54 Å². The fourth-order valence-corrected chi connectivity index (χ4v) is 4.98. The molecule has 0 fully saturated rings. The van der Waals surface area contributed by atoms with E-state index in [1.54, 1.807) is 11.3 Å². The Morgan fingerprint density at radius 3 is 2.90 bits per heavy atom. The van der Waals surface area contributed by atoms with Crippen molar-refractivity contribution in [2.45, 2.75) is 38.6 Å². The lowest BCUT2D eigenvalue weighted by Crippen LogP contribution is -2.45. The molecule has 0 bridgehead atoms. The number of hydrogen-bond donors (Lipinski definition) is 2. The summed E-state index contributed by atoms with van der Waals surface area (Å²) in [6.45, 7) is 5.08. The minimum atomic E-state index is -0.520. The highest BCUT2D eigenvalue weighted by Crippen LogP contribution is 2.43. The molecule has 1 aromatic carbocycles. The maximum absolute atomic E-state index is 11.3. The zero-order valence-electron chi connectivity index (χ0n) is 17.0. The highest BCUT2D eigenvalue weighted by Gasteiger charge is 2.44. The Labute approximate surface area is 174 Å². The molecule has 0 saturated carbocycles. The second kappa shape index (κ2) is 7.70. The summed E-state index contributed by atoms with van der Waals surface area (Å²) in [5.74, 6) is 0.420. The summed E-state index contributed by atoms with van der Waals surface area (Å²) in [6.07, 6.45) is 1.65. The SMILES string of the molecule is CC(=O)Nc1cccc(NC2=NC3(C)c4cc(CN(C)C)sc4COC3C=N2)c1. The second-order valence-corrected chi connectivity index (χ2v) is 8.99. The molecular weight excluding hydrogens is 386 g/mol. The van der Waals surface area contributed by atoms with Crippen LogP contribution in [0.5, 0.6) is 0 Å². The normalized spacial score (nSPS) is 22.7. The van der Waals surface area contributed by atoms with Crippen LogP contribution in [0.3, 0.4) is 0 Å². The van der Waals surface area contributed by atoms with Gasteiger partial charge in [-0.3, -0.25) is 4.79 Å². The number of amides is 1. The zero-order chi connectivity index (χ0) is 20.6. The highest BCUT2D eigenvalue weighted by molar-refractivity contribution is 7.12. The first-order valence-electron chi connectivity index (χ1n) is 9.50. The van der Waals surface area contributed by atoms with E-state index in [0.717, 1.165) is 17.9 Å². The Balaban J connectivity index is 1.61. The van der Waals surface area contributed by atoms with Crippen LogP contribution in [0.4, 0.5) is 11.4 Å². The van der Waals surface area contributed by atoms with Crippen LogP contribution in [0.15, 0.2) is 40.3 Å². The zero-order valence-corrected chi connectivity index (χ0v) is 17.8. The van der Waals surface area contributed by atoms with Gasteiger partial charge in [-0.15, -0.1) is 11.3 Å². The Hall–Kier alpha value is -2.55. The molecule has 2 N–H and O–H groups in total. The van der Waals surface area contributed by atoms with Gasteiger partial charge in [0, 0.05) is 40.8 Å². The Kier molecular flexibility index (Phi) is 5.24. The van der Waals surface area contributed by atoms with E-state index in [4.69, 9.17) is 9.73 Å². The molecule has 0 radical (unpaired) electrons. The second-order valence-electron chi connectivity index (χ2n) is 7.77. The van der Waals surface area contributed by atoms with Gasteiger partial charge in [-0.2, -0.15) is 0 Å². The third-order valence-electron chi connectivity index (χ3n) is 4.93. The summed E-state index contributed by atoms with van der Waals surface area (Å²) in [6, 6.07) is 9.75. The van der Waals surface area contributed by atoms with Crippen LogP contribution < -0.4 is 10.6 Å². The lowest BCUT2D eigenvalue weighted by atomic mass is 9.85. The topological polar surface area (TPSA) is 78.3 Å². The van der Waals surface area contributed by atoms with Crippen molar-refractivity contribution in [3.63, 3.8) is 0 Å². The van der Waals surface area contributed by atoms with E-state index in [-0.39, 0.29) is 12.0 Å². The molecule has 2 aromatic rings. The number of guanidine groups is 1. The first-order valence-corrected chi connectivity index (χ1v) is 10.3. The monoisotopic (exact) mass is 411 g/mol. The number of carbonyl (C=O) groups excluding carboxylic acids is 1. The first-order chi connectivity index (χ1) is 13.8. The number of fused-ring (bicyclic) bond motifs is 3. The van der Waals surface area contributed by atoms with Crippen molar-refractivity contribution in [2.24, 2.45) is 9.98 Å². The third kappa shape index (κ3) is 4.10. The van der Waals surface area contributed by atoms with E-state index in [9.17, 15) is 4.79 Å². The van der Waals surface area contributed by atoms with Crippen LogP contribution in [0.1, 0.15) is 29.2 Å². The smallest absolute Gasteiger partial charge is 0.223 e. The molecule has 1 aromatic heterocycles. The molecule has 0 aliphatic carbocycles. The highest BCUT2D eigenvalue weighted by atomic mass is 32.1. The average molecular weight is 412 g/mol. The van der Waals surface area contributed by atoms with Crippen molar-refractivity contribution in [2.75, 3.05) is 24.7 Å². The largest absolute Gasteiger partial charge is 0.364 e. The number of thiophene rings is 1. The van der Waals surface area contributed by atoms with Crippen molar-refractivity contribution in [3.8, 4) is 0 Å². The van der Waals surface area contributed by atoms with E-state index in [2.05, 4.69) is 47.6 Å². The molecule has 4 rings (SSSR count). The standard InChI is InChI=1S/C21H25N5O2S/c1-13(27)23-14-6-5-7-15(8-14)24-20-22-10-19-21(2,25-20)17-9-16(11-26(3)4)29-18(17)12-28-19/h5-10,19H,11-12H2,1-4H3,(H,23,27)(H,24,25). The van der Waals surface area contributed by atoms with Gasteiger partial charge in [-0.05, 0) is 50.8 Å². The minimum absolute atomic E-state index is 0.108. The maximum Gasteiger partial charge on any atom is 0.223 e. The van der Waals surface area contributed by atoms with Gasteiger partial charge in [0.05, 0.1) is 6.61 Å². The van der Waals surface area contributed by atoms with Crippen LogP contribution in [0.25, 0.3) is 0 Å². The van der Waals surface area contributed by atoms with Gasteiger partial charge in [0.25, 0.3) is 0 Å². The Bertz CT molecular complexity index is 997. The van der Waals surface area contributed by atoms with Crippen LogP contribution in [-0.4, -0.2) is 43.2 Å². The molecule has 152 valence electrons. The van der Waals surface area contributed by atoms with Gasteiger partial charge in [-0.25, -0.2) is 9.98 Å². The summed E-state index contributed by atoms with van der Waals surface area (Å²) in [5.41, 5.74) is 2.23. The molecule has 0 saturated heterocycles. The van der Waals surface area contributed by atoms with Crippen molar-refractivity contribution in [1.29, 1.82) is 0 Å². The molecule has 8 heteroatoms. The summed E-state index contributed by atoms with van der Waals surface area (Å²) < 4.78 is 6.06. The van der Waals surface area contributed by atoms with Crippen molar-refractivity contribution in [1.82, 2.24) is 4.90 Å². The minimum Gasteiger partial charge on any atom is -0.364 e. The lowest BCUT2D eigenvalue weighted by Gasteiger charge is -2.38. The van der Waals surface area contributed by atoms with Gasteiger partial charge in [0.2, 0.25) is 11.9 Å². The third-order valence-corrected chi connectivity index (χ3v) is 6.03. The van der Waals surface area contributed by atoms with Gasteiger partial charge in [0.15, 0.2) is 0 Å². The van der Waals surface area contributed by atoms with Gasteiger partial charge in [-0.1, -0.05) is 6.07 Å². The fourth-order valence-electron chi connectivity index (χ4n) is 3.66. The van der Waals surface area contributed by atoms with Crippen molar-refractivity contribution >= 4 is 40.8 Å². The van der Waals surface area contributed by atoms with Crippen LogP contribution in [0, 0.1) is 0 Å². The Morgan fingerprint density at radius 2 is 2.14 bits per heavy atom. The number of ether oxygens (including phenoxy) is 1. The number of hydrogen-bond acceptors (Lipinski definition) is 7. The van der Waals surface area contributed by atoms with E-state index in [1.807, 2.05) is 30.5 Å². The predicted molar refractivity (Wildman–Crippen MR) is 118 cm³/mol. The quantitative estimate of drug-likeness (QED) is 0.808. The number of rotatable bonds is 4. The van der Waals surface area contributed by atoms with Crippen LogP contribution in [-0.2, 0) is 28.2 Å². The molecular formula is C21H25N5O2S. The molecule has 2 aliphatic heterocycles. The average Bonchev–Trinajstić information content (AvgIpc) is 3.04. The molecule has 2 aliphatic rings. The maximum atomic E-state index is 11.3. The first kappa shape index (κ1) is 19.8. The number of nitrogens with zero attached hydrogens (tertiary/aromatic N) is 3. The predicted octanol–water partition coefficient (Wildman–Crippen LogP) is 3.43. The summed E-state index contributed by atoms with van der Waals surface area (Å²) in [7, 11) is 4.14. The molecule has 2 unspecified atom stereocenters. The molecule has 7 nitrogen and oxygen atoms in total. The fraction of sp³-hybridized carbons (Fsp3) is 0.381.